The molecule has 1 heterocycles. The zero-order chi connectivity index (χ0) is 14.0. The molecule has 2 nitrogen and oxygen atoms in total. The largest absolute Gasteiger partial charge is 0.433 e. The van der Waals surface area contributed by atoms with Gasteiger partial charge in [-0.25, -0.2) is 4.39 Å². The number of hydrogen-bond donors (Lipinski definition) is 0. The van der Waals surface area contributed by atoms with Crippen LogP contribution in [0.4, 0.5) is 17.6 Å². The summed E-state index contributed by atoms with van der Waals surface area (Å²) in [5.74, 6) is -0.639. The molecule has 1 aromatic heterocycles. The number of benzene rings is 1. The lowest BCUT2D eigenvalue weighted by Gasteiger charge is -2.07. The van der Waals surface area contributed by atoms with Crippen molar-refractivity contribution in [2.45, 2.75) is 6.18 Å². The van der Waals surface area contributed by atoms with Crippen molar-refractivity contribution in [1.82, 2.24) is 4.98 Å². The maximum Gasteiger partial charge on any atom is 0.433 e. The zero-order valence-corrected chi connectivity index (χ0v) is 9.41. The van der Waals surface area contributed by atoms with E-state index in [1.165, 1.54) is 12.1 Å². The fraction of sp³-hybridized carbons (Fsp3) is 0.0769. The SMILES string of the molecule is O=Cc1cc(F)cc(-c2ccc(C(F)(F)F)nc2)c1. The first kappa shape index (κ1) is 13.2. The summed E-state index contributed by atoms with van der Waals surface area (Å²) >= 11 is 0. The minimum absolute atomic E-state index is 0.106. The molecule has 1 aromatic carbocycles. The number of pyridine rings is 1. The summed E-state index contributed by atoms with van der Waals surface area (Å²) in [7, 11) is 0. The Balaban J connectivity index is 2.42. The van der Waals surface area contributed by atoms with Crippen molar-refractivity contribution in [3.8, 4) is 11.1 Å². The number of halogens is 4. The van der Waals surface area contributed by atoms with E-state index in [-0.39, 0.29) is 5.56 Å². The van der Waals surface area contributed by atoms with Gasteiger partial charge in [0.15, 0.2) is 0 Å². The van der Waals surface area contributed by atoms with Crippen LogP contribution in [0.25, 0.3) is 11.1 Å². The second-order valence-corrected chi connectivity index (χ2v) is 3.82. The molecular weight excluding hydrogens is 262 g/mol. The third-order valence-corrected chi connectivity index (χ3v) is 2.44. The third-order valence-electron chi connectivity index (χ3n) is 2.44. The summed E-state index contributed by atoms with van der Waals surface area (Å²) in [6.07, 6.45) is -3.06. The Morgan fingerprint density at radius 3 is 2.32 bits per heavy atom. The monoisotopic (exact) mass is 269 g/mol. The van der Waals surface area contributed by atoms with Gasteiger partial charge >= 0.3 is 6.18 Å². The van der Waals surface area contributed by atoms with Gasteiger partial charge < -0.3 is 0 Å². The third kappa shape index (κ3) is 2.96. The van der Waals surface area contributed by atoms with E-state index in [0.29, 0.717) is 17.4 Å². The molecule has 0 aliphatic heterocycles. The van der Waals surface area contributed by atoms with Crippen molar-refractivity contribution in [3.05, 3.63) is 53.6 Å². The summed E-state index contributed by atoms with van der Waals surface area (Å²) in [6.45, 7) is 0. The van der Waals surface area contributed by atoms with Crippen molar-refractivity contribution < 1.29 is 22.4 Å². The first-order valence-corrected chi connectivity index (χ1v) is 5.19. The highest BCUT2D eigenvalue weighted by Gasteiger charge is 2.32. The van der Waals surface area contributed by atoms with Gasteiger partial charge in [-0.3, -0.25) is 9.78 Å². The summed E-state index contributed by atoms with van der Waals surface area (Å²) in [5.41, 5.74) is -0.322. The number of alkyl halides is 3. The van der Waals surface area contributed by atoms with Gasteiger partial charge in [0.25, 0.3) is 0 Å². The molecule has 0 fully saturated rings. The van der Waals surface area contributed by atoms with Gasteiger partial charge in [-0.05, 0) is 29.8 Å². The molecular formula is C13H7F4NO. The Morgan fingerprint density at radius 2 is 1.79 bits per heavy atom. The zero-order valence-electron chi connectivity index (χ0n) is 9.41. The van der Waals surface area contributed by atoms with Gasteiger partial charge in [0, 0.05) is 17.3 Å². The molecule has 19 heavy (non-hydrogen) atoms. The number of hydrogen-bond acceptors (Lipinski definition) is 2. The van der Waals surface area contributed by atoms with E-state index in [2.05, 4.69) is 4.98 Å². The van der Waals surface area contributed by atoms with E-state index in [4.69, 9.17) is 0 Å². The molecule has 0 radical (unpaired) electrons. The Hall–Kier alpha value is -2.24. The highest BCUT2D eigenvalue weighted by molar-refractivity contribution is 5.78. The summed E-state index contributed by atoms with van der Waals surface area (Å²) in [4.78, 5) is 13.9. The number of carbonyl (C=O) groups excluding carboxylic acids is 1. The lowest BCUT2D eigenvalue weighted by molar-refractivity contribution is -0.141. The highest BCUT2D eigenvalue weighted by atomic mass is 19.4. The van der Waals surface area contributed by atoms with Crippen LogP contribution in [0.5, 0.6) is 0 Å². The van der Waals surface area contributed by atoms with Crippen molar-refractivity contribution in [2.75, 3.05) is 0 Å². The van der Waals surface area contributed by atoms with Crippen LogP contribution in [0.3, 0.4) is 0 Å². The molecule has 0 bridgehead atoms. The number of aromatic nitrogens is 1. The second kappa shape index (κ2) is 4.79. The molecule has 0 N–H and O–H groups in total. The van der Waals surface area contributed by atoms with Crippen LogP contribution >= 0.6 is 0 Å². The Morgan fingerprint density at radius 1 is 1.05 bits per heavy atom. The van der Waals surface area contributed by atoms with Gasteiger partial charge in [0.2, 0.25) is 0 Å². The molecule has 0 amide bonds. The molecule has 2 aromatic rings. The maximum atomic E-state index is 13.2. The summed E-state index contributed by atoms with van der Waals surface area (Å²) < 4.78 is 50.2. The van der Waals surface area contributed by atoms with Crippen LogP contribution in [-0.4, -0.2) is 11.3 Å². The number of aldehydes is 1. The van der Waals surface area contributed by atoms with Crippen molar-refractivity contribution in [2.24, 2.45) is 0 Å². The van der Waals surface area contributed by atoms with Crippen LogP contribution in [0.15, 0.2) is 36.5 Å². The standard InChI is InChI=1S/C13H7F4NO/c14-11-4-8(7-19)3-10(5-11)9-1-2-12(18-6-9)13(15,16)17/h1-7H. The smallest absolute Gasteiger partial charge is 0.298 e. The molecule has 98 valence electrons. The van der Waals surface area contributed by atoms with Crippen LogP contribution < -0.4 is 0 Å². The van der Waals surface area contributed by atoms with Gasteiger partial charge in [-0.15, -0.1) is 0 Å². The fourth-order valence-corrected chi connectivity index (χ4v) is 1.58. The minimum atomic E-state index is -4.52. The highest BCUT2D eigenvalue weighted by Crippen LogP contribution is 2.29. The number of rotatable bonds is 2. The maximum absolute atomic E-state index is 13.2. The van der Waals surface area contributed by atoms with Gasteiger partial charge in [-0.2, -0.15) is 13.2 Å². The van der Waals surface area contributed by atoms with E-state index < -0.39 is 17.7 Å². The van der Waals surface area contributed by atoms with E-state index in [1.807, 2.05) is 0 Å². The first-order valence-electron chi connectivity index (χ1n) is 5.19. The molecule has 0 spiro atoms. The quantitative estimate of drug-likeness (QED) is 0.614. The minimum Gasteiger partial charge on any atom is -0.298 e. The Bertz CT molecular complexity index is 605. The molecule has 0 unspecified atom stereocenters. The molecule has 0 atom stereocenters. The molecule has 6 heteroatoms. The fourth-order valence-electron chi connectivity index (χ4n) is 1.58. The normalized spacial score (nSPS) is 11.4. The average Bonchev–Trinajstić information content (AvgIpc) is 2.37. The first-order chi connectivity index (χ1) is 8.90. The lowest BCUT2D eigenvalue weighted by atomic mass is 10.0. The van der Waals surface area contributed by atoms with Crippen LogP contribution in [0, 0.1) is 5.82 Å². The van der Waals surface area contributed by atoms with Crippen LogP contribution in [0.2, 0.25) is 0 Å². The predicted octanol–water partition coefficient (Wildman–Crippen LogP) is 3.72. The predicted molar refractivity (Wildman–Crippen MR) is 60.0 cm³/mol. The molecule has 0 saturated carbocycles. The van der Waals surface area contributed by atoms with Crippen LogP contribution in [-0.2, 0) is 6.18 Å². The molecule has 0 aliphatic rings. The van der Waals surface area contributed by atoms with E-state index in [9.17, 15) is 22.4 Å². The Labute approximate surface area is 105 Å². The van der Waals surface area contributed by atoms with Gasteiger partial charge in [0.05, 0.1) is 0 Å². The van der Waals surface area contributed by atoms with E-state index >= 15 is 0 Å². The molecule has 0 aliphatic carbocycles. The average molecular weight is 269 g/mol. The second-order valence-electron chi connectivity index (χ2n) is 3.82. The van der Waals surface area contributed by atoms with Crippen molar-refractivity contribution >= 4 is 6.29 Å². The van der Waals surface area contributed by atoms with Gasteiger partial charge in [-0.1, -0.05) is 6.07 Å². The number of nitrogens with zero attached hydrogens (tertiary/aromatic N) is 1. The van der Waals surface area contributed by atoms with E-state index in [0.717, 1.165) is 24.4 Å². The molecule has 2 rings (SSSR count). The topological polar surface area (TPSA) is 30.0 Å². The van der Waals surface area contributed by atoms with Gasteiger partial charge in [0.1, 0.15) is 17.8 Å². The van der Waals surface area contributed by atoms with Crippen molar-refractivity contribution in [1.29, 1.82) is 0 Å². The Kier molecular flexibility index (Phi) is 3.33. The lowest BCUT2D eigenvalue weighted by Crippen LogP contribution is -2.07. The van der Waals surface area contributed by atoms with Crippen molar-refractivity contribution in [3.63, 3.8) is 0 Å². The number of carbonyl (C=O) groups is 1. The summed E-state index contributed by atoms with van der Waals surface area (Å²) in [5, 5.41) is 0. The van der Waals surface area contributed by atoms with E-state index in [1.54, 1.807) is 0 Å². The summed E-state index contributed by atoms with van der Waals surface area (Å²) in [6, 6.07) is 5.52. The van der Waals surface area contributed by atoms with Crippen LogP contribution in [0.1, 0.15) is 16.1 Å². The molecule has 0 saturated heterocycles.